The van der Waals surface area contributed by atoms with Gasteiger partial charge < -0.3 is 4.74 Å². The minimum absolute atomic E-state index is 0.223. The Bertz CT molecular complexity index is 328. The smallest absolute Gasteiger partial charge is 0.316 e. The van der Waals surface area contributed by atoms with Crippen LogP contribution in [0.2, 0.25) is 0 Å². The van der Waals surface area contributed by atoms with Gasteiger partial charge in [0.15, 0.2) is 0 Å². The van der Waals surface area contributed by atoms with Crippen molar-refractivity contribution in [2.75, 3.05) is 6.61 Å². The van der Waals surface area contributed by atoms with Gasteiger partial charge in [0, 0.05) is 0 Å². The van der Waals surface area contributed by atoms with Gasteiger partial charge in [0.1, 0.15) is 0 Å². The standard InChI is InChI=1S/C10H12F10O/c1-2-3-4-5-21-10(19,20)9(17,18)8(15,16)7(13,14)6(11)12/h6H,2-5H2,1H3. The van der Waals surface area contributed by atoms with E-state index >= 15 is 0 Å². The van der Waals surface area contributed by atoms with Crippen LogP contribution in [0.1, 0.15) is 26.2 Å². The van der Waals surface area contributed by atoms with E-state index in [0.717, 1.165) is 0 Å². The second-order valence-electron chi connectivity index (χ2n) is 4.14. The molecule has 0 aromatic carbocycles. The highest BCUT2D eigenvalue weighted by molar-refractivity contribution is 5.01. The summed E-state index contributed by atoms with van der Waals surface area (Å²) in [6.07, 6.45) is -10.8. The highest BCUT2D eigenvalue weighted by Gasteiger charge is 2.83. The monoisotopic (exact) mass is 338 g/mol. The number of alkyl halides is 10. The molecule has 0 aliphatic rings. The van der Waals surface area contributed by atoms with E-state index in [1.807, 2.05) is 0 Å². The molecule has 0 saturated heterocycles. The molecule has 0 aromatic rings. The number of rotatable bonds is 9. The fourth-order valence-corrected chi connectivity index (χ4v) is 1.17. The van der Waals surface area contributed by atoms with Gasteiger partial charge in [-0.2, -0.15) is 35.1 Å². The lowest BCUT2D eigenvalue weighted by atomic mass is 10.0. The van der Waals surface area contributed by atoms with Crippen LogP contribution in [-0.4, -0.2) is 36.9 Å². The average Bonchev–Trinajstić information content (AvgIpc) is 2.33. The molecule has 0 heterocycles. The summed E-state index contributed by atoms with van der Waals surface area (Å²) in [5, 5.41) is 0. The average molecular weight is 338 g/mol. The third-order valence-corrected chi connectivity index (χ3v) is 2.48. The highest BCUT2D eigenvalue weighted by atomic mass is 19.4. The number of hydrogen-bond acceptors (Lipinski definition) is 1. The van der Waals surface area contributed by atoms with E-state index in [9.17, 15) is 43.9 Å². The molecule has 21 heavy (non-hydrogen) atoms. The molecular formula is C10H12F10O. The molecule has 1 nitrogen and oxygen atoms in total. The van der Waals surface area contributed by atoms with Gasteiger partial charge in [0.2, 0.25) is 0 Å². The van der Waals surface area contributed by atoms with Crippen molar-refractivity contribution < 1.29 is 48.6 Å². The van der Waals surface area contributed by atoms with Gasteiger partial charge in [-0.3, -0.25) is 0 Å². The van der Waals surface area contributed by atoms with E-state index in [1.165, 1.54) is 0 Å². The van der Waals surface area contributed by atoms with Crippen LogP contribution in [0.5, 0.6) is 0 Å². The Morgan fingerprint density at radius 3 is 1.67 bits per heavy atom. The Labute approximate surface area is 113 Å². The Balaban J connectivity index is 5.23. The van der Waals surface area contributed by atoms with Crippen LogP contribution in [0.4, 0.5) is 43.9 Å². The topological polar surface area (TPSA) is 9.23 Å². The molecule has 0 aromatic heterocycles. The number of hydrogen-bond donors (Lipinski definition) is 0. The number of unbranched alkanes of at least 4 members (excludes halogenated alkanes) is 2. The number of ether oxygens (including phenoxy) is 1. The van der Waals surface area contributed by atoms with Crippen molar-refractivity contribution in [1.29, 1.82) is 0 Å². The zero-order chi connectivity index (χ0) is 17.1. The molecule has 0 radical (unpaired) electrons. The maximum atomic E-state index is 12.9. The first-order valence-electron chi connectivity index (χ1n) is 5.69. The maximum absolute atomic E-state index is 12.9. The molecule has 11 heteroatoms. The van der Waals surface area contributed by atoms with Crippen molar-refractivity contribution in [3.63, 3.8) is 0 Å². The predicted octanol–water partition coefficient (Wildman–Crippen LogP) is 4.96. The minimum atomic E-state index is -7.00. The second kappa shape index (κ2) is 6.57. The van der Waals surface area contributed by atoms with Gasteiger partial charge in [-0.05, 0) is 6.42 Å². The third-order valence-electron chi connectivity index (χ3n) is 2.48. The van der Waals surface area contributed by atoms with Crippen LogP contribution in [-0.2, 0) is 4.74 Å². The summed E-state index contributed by atoms with van der Waals surface area (Å²) in [6, 6.07) is 0. The molecule has 0 aliphatic carbocycles. The van der Waals surface area contributed by atoms with E-state index in [1.54, 1.807) is 6.92 Å². The molecule has 128 valence electrons. The highest BCUT2D eigenvalue weighted by Crippen LogP contribution is 2.54. The fourth-order valence-electron chi connectivity index (χ4n) is 1.17. The van der Waals surface area contributed by atoms with Crippen LogP contribution < -0.4 is 0 Å². The van der Waals surface area contributed by atoms with Crippen LogP contribution in [0.3, 0.4) is 0 Å². The summed E-state index contributed by atoms with van der Waals surface area (Å²) in [6.45, 7) is 0.483. The summed E-state index contributed by atoms with van der Waals surface area (Å²) >= 11 is 0. The third kappa shape index (κ3) is 3.72. The Kier molecular flexibility index (Phi) is 6.34. The lowest BCUT2D eigenvalue weighted by Crippen LogP contribution is -2.64. The summed E-state index contributed by atoms with van der Waals surface area (Å²) in [5.41, 5.74) is 0. The zero-order valence-electron chi connectivity index (χ0n) is 10.6. The normalized spacial score (nSPS) is 14.9. The summed E-state index contributed by atoms with van der Waals surface area (Å²) in [4.78, 5) is 0. The molecule has 0 N–H and O–H groups in total. The van der Waals surface area contributed by atoms with E-state index in [-0.39, 0.29) is 12.8 Å². The van der Waals surface area contributed by atoms with Crippen molar-refractivity contribution in [1.82, 2.24) is 0 Å². The van der Waals surface area contributed by atoms with Crippen molar-refractivity contribution in [2.24, 2.45) is 0 Å². The van der Waals surface area contributed by atoms with E-state index in [4.69, 9.17) is 0 Å². The van der Waals surface area contributed by atoms with Crippen molar-refractivity contribution in [3.05, 3.63) is 0 Å². The van der Waals surface area contributed by atoms with Gasteiger partial charge in [0.05, 0.1) is 6.61 Å². The predicted molar refractivity (Wildman–Crippen MR) is 51.3 cm³/mol. The largest absolute Gasteiger partial charge is 0.426 e. The fraction of sp³-hybridized carbons (Fsp3) is 1.00. The summed E-state index contributed by atoms with van der Waals surface area (Å²) in [5.74, 6) is -20.5. The summed E-state index contributed by atoms with van der Waals surface area (Å²) < 4.78 is 129. The van der Waals surface area contributed by atoms with Crippen LogP contribution >= 0.6 is 0 Å². The zero-order valence-corrected chi connectivity index (χ0v) is 10.6. The first kappa shape index (κ1) is 20.3. The van der Waals surface area contributed by atoms with Crippen LogP contribution in [0, 0.1) is 0 Å². The Morgan fingerprint density at radius 2 is 1.29 bits per heavy atom. The first-order valence-corrected chi connectivity index (χ1v) is 5.69. The SMILES string of the molecule is CCCCCOC(F)(F)C(F)(F)C(F)(F)C(F)(F)C(F)F. The van der Waals surface area contributed by atoms with Gasteiger partial charge in [-0.15, -0.1) is 0 Å². The molecule has 0 spiro atoms. The number of halogens is 10. The van der Waals surface area contributed by atoms with Crippen molar-refractivity contribution >= 4 is 0 Å². The molecular weight excluding hydrogens is 326 g/mol. The van der Waals surface area contributed by atoms with E-state index < -0.39 is 36.9 Å². The van der Waals surface area contributed by atoms with Crippen LogP contribution in [0.15, 0.2) is 0 Å². The first-order chi connectivity index (χ1) is 9.25. The Hall–Kier alpha value is -0.740. The Morgan fingerprint density at radius 1 is 0.810 bits per heavy atom. The van der Waals surface area contributed by atoms with Gasteiger partial charge in [-0.25, -0.2) is 8.78 Å². The van der Waals surface area contributed by atoms with Crippen molar-refractivity contribution in [2.45, 2.75) is 56.5 Å². The molecule has 0 atom stereocenters. The minimum Gasteiger partial charge on any atom is -0.316 e. The van der Waals surface area contributed by atoms with E-state index in [0.29, 0.717) is 6.42 Å². The second-order valence-corrected chi connectivity index (χ2v) is 4.14. The molecule has 0 aliphatic heterocycles. The van der Waals surface area contributed by atoms with Gasteiger partial charge in [0.25, 0.3) is 0 Å². The molecule has 0 amide bonds. The van der Waals surface area contributed by atoms with Crippen LogP contribution in [0.25, 0.3) is 0 Å². The van der Waals surface area contributed by atoms with Gasteiger partial charge in [-0.1, -0.05) is 19.8 Å². The van der Waals surface area contributed by atoms with Gasteiger partial charge >= 0.3 is 30.3 Å². The molecule has 0 rings (SSSR count). The molecule has 0 saturated carbocycles. The molecule has 0 unspecified atom stereocenters. The molecule has 0 fully saturated rings. The van der Waals surface area contributed by atoms with Crippen molar-refractivity contribution in [3.8, 4) is 0 Å². The lowest BCUT2D eigenvalue weighted by molar-refractivity contribution is -0.435. The summed E-state index contributed by atoms with van der Waals surface area (Å²) in [7, 11) is 0. The molecule has 0 bridgehead atoms. The maximum Gasteiger partial charge on any atom is 0.426 e. The quantitative estimate of drug-likeness (QED) is 0.427. The lowest BCUT2D eigenvalue weighted by Gasteiger charge is -2.35. The van der Waals surface area contributed by atoms with E-state index in [2.05, 4.69) is 4.74 Å².